The number of carbonyl (C=O) groups excluding carboxylic acids is 1. The molecule has 6 atom stereocenters. The minimum Gasteiger partial charge on any atom is -0.394 e. The van der Waals surface area contributed by atoms with Crippen molar-refractivity contribution in [2.45, 2.75) is 62.9 Å². The number of aliphatic hydroxyl groups excluding tert-OH is 7. The number of hydrogen-bond acceptors (Lipinski definition) is 10. The lowest BCUT2D eigenvalue weighted by molar-refractivity contribution is -0.307. The molecule has 25 heavy (non-hydrogen) atoms. The first-order valence-corrected chi connectivity index (χ1v) is 7.99. The van der Waals surface area contributed by atoms with E-state index in [1.165, 1.54) is 0 Å². The fourth-order valence-electron chi connectivity index (χ4n) is 2.54. The molecule has 1 fully saturated rings. The Morgan fingerprint density at radius 1 is 1.16 bits per heavy atom. The van der Waals surface area contributed by atoms with E-state index in [1.807, 2.05) is 0 Å². The van der Waals surface area contributed by atoms with Gasteiger partial charge in [0, 0.05) is 6.42 Å². The van der Waals surface area contributed by atoms with Crippen LogP contribution in [0.5, 0.6) is 0 Å². The first kappa shape index (κ1) is 22.2. The molecule has 1 heterocycles. The molecule has 0 aromatic rings. The van der Waals surface area contributed by atoms with Crippen molar-refractivity contribution in [1.29, 1.82) is 0 Å². The highest BCUT2D eigenvalue weighted by molar-refractivity contribution is 5.76. The normalized spacial score (nSPS) is 31.2. The predicted octanol–water partition coefficient (Wildman–Crippen LogP) is -3.94. The number of hydrogen-bond donors (Lipinski definition) is 7. The van der Waals surface area contributed by atoms with Crippen LogP contribution in [-0.4, -0.2) is 110 Å². The Kier molecular flexibility index (Phi) is 9.13. The Labute approximate surface area is 144 Å². The van der Waals surface area contributed by atoms with Crippen molar-refractivity contribution in [2.75, 3.05) is 19.8 Å². The van der Waals surface area contributed by atoms with Crippen LogP contribution in [0.2, 0.25) is 0 Å². The summed E-state index contributed by atoms with van der Waals surface area (Å²) in [6.07, 6.45) is -9.40. The minimum atomic E-state index is -2.03. The van der Waals surface area contributed by atoms with Gasteiger partial charge in [-0.15, -0.1) is 0 Å². The zero-order chi connectivity index (χ0) is 19.1. The van der Waals surface area contributed by atoms with E-state index >= 15 is 0 Å². The van der Waals surface area contributed by atoms with Gasteiger partial charge in [-0.1, -0.05) is 6.92 Å². The first-order chi connectivity index (χ1) is 11.8. The molecule has 0 bridgehead atoms. The van der Waals surface area contributed by atoms with Crippen molar-refractivity contribution in [1.82, 2.24) is 4.90 Å². The van der Waals surface area contributed by atoms with E-state index in [0.29, 0.717) is 11.3 Å². The summed E-state index contributed by atoms with van der Waals surface area (Å²) < 4.78 is 9.95. The van der Waals surface area contributed by atoms with Crippen molar-refractivity contribution in [3.63, 3.8) is 0 Å². The number of amides is 1. The number of rotatable bonds is 9. The third-order valence-corrected chi connectivity index (χ3v) is 3.90. The second kappa shape index (κ2) is 10.3. The Hall–Kier alpha value is -0.890. The van der Waals surface area contributed by atoms with Crippen LogP contribution in [-0.2, 0) is 14.3 Å². The lowest BCUT2D eigenvalue weighted by Crippen LogP contribution is -2.67. The Morgan fingerprint density at radius 2 is 1.76 bits per heavy atom. The maximum absolute atomic E-state index is 12.3. The fraction of sp³-hybridized carbons (Fsp3) is 0.929. The van der Waals surface area contributed by atoms with Crippen molar-refractivity contribution >= 4 is 5.91 Å². The monoisotopic (exact) mass is 369 g/mol. The van der Waals surface area contributed by atoms with Crippen LogP contribution < -0.4 is 0 Å². The summed E-state index contributed by atoms with van der Waals surface area (Å²) in [4.78, 5) is 12.9. The van der Waals surface area contributed by atoms with Crippen LogP contribution in [0.15, 0.2) is 0 Å². The van der Waals surface area contributed by atoms with Crippen LogP contribution in [0, 0.1) is 0 Å². The summed E-state index contributed by atoms with van der Waals surface area (Å²) in [5.41, 5.74) is 0. The minimum absolute atomic E-state index is 0.0706. The highest BCUT2D eigenvalue weighted by Gasteiger charge is 2.49. The maximum Gasteiger partial charge on any atom is 0.241 e. The zero-order valence-electron chi connectivity index (χ0n) is 13.9. The Bertz CT molecular complexity index is 407. The molecule has 2 unspecified atom stereocenters. The van der Waals surface area contributed by atoms with E-state index in [4.69, 9.17) is 24.8 Å². The molecule has 11 nitrogen and oxygen atoms in total. The van der Waals surface area contributed by atoms with Crippen LogP contribution in [0.1, 0.15) is 19.8 Å². The van der Waals surface area contributed by atoms with E-state index in [9.17, 15) is 25.2 Å². The molecule has 1 aliphatic heterocycles. The molecule has 0 saturated carbocycles. The Balaban J connectivity index is 3.07. The SMILES string of the molecule is CCCC(=O)N(C(O)OC(CO)CO)[C@H]1C(O)O[C@H](CO)[C@@H](O)[C@@H]1O. The average molecular weight is 369 g/mol. The Morgan fingerprint density at radius 3 is 2.24 bits per heavy atom. The van der Waals surface area contributed by atoms with E-state index in [-0.39, 0.29) is 6.42 Å². The van der Waals surface area contributed by atoms with Crippen LogP contribution >= 0.6 is 0 Å². The van der Waals surface area contributed by atoms with Gasteiger partial charge in [-0.2, -0.15) is 0 Å². The average Bonchev–Trinajstić information content (AvgIpc) is 2.59. The fourth-order valence-corrected chi connectivity index (χ4v) is 2.54. The molecule has 1 saturated heterocycles. The van der Waals surface area contributed by atoms with Gasteiger partial charge in [0.05, 0.1) is 19.8 Å². The molecule has 1 aliphatic rings. The molecule has 148 valence electrons. The highest BCUT2D eigenvalue weighted by atomic mass is 16.7. The molecule has 0 aliphatic carbocycles. The molecule has 1 rings (SSSR count). The molecule has 0 spiro atoms. The zero-order valence-corrected chi connectivity index (χ0v) is 13.9. The van der Waals surface area contributed by atoms with Gasteiger partial charge in [-0.3, -0.25) is 9.69 Å². The van der Waals surface area contributed by atoms with E-state index in [1.54, 1.807) is 6.92 Å². The molecule has 7 N–H and O–H groups in total. The number of carbonyl (C=O) groups is 1. The maximum atomic E-state index is 12.3. The highest BCUT2D eigenvalue weighted by Crippen LogP contribution is 2.26. The molecule has 0 radical (unpaired) electrons. The third-order valence-electron chi connectivity index (χ3n) is 3.90. The summed E-state index contributed by atoms with van der Waals surface area (Å²) in [5.74, 6) is -0.717. The molecule has 11 heteroatoms. The van der Waals surface area contributed by atoms with Gasteiger partial charge in [-0.25, -0.2) is 0 Å². The first-order valence-electron chi connectivity index (χ1n) is 7.99. The quantitative estimate of drug-likeness (QED) is 0.198. The summed E-state index contributed by atoms with van der Waals surface area (Å²) >= 11 is 0. The van der Waals surface area contributed by atoms with Gasteiger partial charge in [0.15, 0.2) is 6.29 Å². The molecule has 0 aromatic carbocycles. The van der Waals surface area contributed by atoms with Crippen LogP contribution in [0.4, 0.5) is 0 Å². The van der Waals surface area contributed by atoms with E-state index in [2.05, 4.69) is 0 Å². The van der Waals surface area contributed by atoms with Crippen molar-refractivity contribution < 1.29 is 50.0 Å². The lowest BCUT2D eigenvalue weighted by Gasteiger charge is -2.46. The van der Waals surface area contributed by atoms with Gasteiger partial charge in [-0.05, 0) is 6.42 Å². The second-order valence-electron chi connectivity index (χ2n) is 5.72. The van der Waals surface area contributed by atoms with Gasteiger partial charge in [0.2, 0.25) is 12.3 Å². The molecule has 1 amide bonds. The van der Waals surface area contributed by atoms with Gasteiger partial charge >= 0.3 is 0 Å². The van der Waals surface area contributed by atoms with Gasteiger partial charge in [0.25, 0.3) is 0 Å². The molecule has 0 aromatic heterocycles. The van der Waals surface area contributed by atoms with Crippen LogP contribution in [0.3, 0.4) is 0 Å². The molecular weight excluding hydrogens is 342 g/mol. The third kappa shape index (κ3) is 5.29. The number of nitrogens with zero attached hydrogens (tertiary/aromatic N) is 1. The topological polar surface area (TPSA) is 180 Å². The van der Waals surface area contributed by atoms with Gasteiger partial charge in [0.1, 0.15) is 30.5 Å². The van der Waals surface area contributed by atoms with Crippen molar-refractivity contribution in [3.05, 3.63) is 0 Å². The summed E-state index contributed by atoms with van der Waals surface area (Å²) in [5, 5.41) is 67.6. The van der Waals surface area contributed by atoms with Crippen LogP contribution in [0.25, 0.3) is 0 Å². The van der Waals surface area contributed by atoms with E-state index < -0.39 is 68.9 Å². The van der Waals surface area contributed by atoms with Crippen molar-refractivity contribution in [2.24, 2.45) is 0 Å². The van der Waals surface area contributed by atoms with E-state index in [0.717, 1.165) is 0 Å². The lowest BCUT2D eigenvalue weighted by atomic mass is 9.95. The van der Waals surface area contributed by atoms with Gasteiger partial charge < -0.3 is 45.2 Å². The largest absolute Gasteiger partial charge is 0.394 e. The second-order valence-corrected chi connectivity index (χ2v) is 5.72. The smallest absolute Gasteiger partial charge is 0.241 e. The predicted molar refractivity (Wildman–Crippen MR) is 80.6 cm³/mol. The number of ether oxygens (including phenoxy) is 2. The van der Waals surface area contributed by atoms with Crippen molar-refractivity contribution in [3.8, 4) is 0 Å². The summed E-state index contributed by atoms with van der Waals surface area (Å²) in [6, 6.07) is -1.59. The standard InChI is InChI=1S/C14H27NO10/c1-2-3-9(19)15(14(23)24-7(4-16)5-17)10-12(21)11(20)8(6-18)25-13(10)22/h7-8,10-14,16-18,20-23H,2-6H2,1H3/t8-,10-,11-,12-,13?,14?/m1/s1. The summed E-state index contributed by atoms with van der Waals surface area (Å²) in [6.45, 7) is -0.287. The molecular formula is C14H27NO10. The number of aliphatic hydroxyl groups is 7. The summed E-state index contributed by atoms with van der Waals surface area (Å²) in [7, 11) is 0.